The first-order valence-corrected chi connectivity index (χ1v) is 7.35. The summed E-state index contributed by atoms with van der Waals surface area (Å²) in [5, 5.41) is 5.71. The van der Waals surface area contributed by atoms with E-state index in [1.807, 2.05) is 25.1 Å². The highest BCUT2D eigenvalue weighted by atomic mass is 79.9. The molecule has 0 aliphatic rings. The van der Waals surface area contributed by atoms with Crippen molar-refractivity contribution in [2.45, 2.75) is 13.5 Å². The maximum atomic E-state index is 13.4. The molecule has 2 aromatic rings. The number of hydrogen-bond donors (Lipinski definition) is 2. The van der Waals surface area contributed by atoms with Crippen LogP contribution in [0.3, 0.4) is 0 Å². The first kappa shape index (κ1) is 15.7. The second-order valence-corrected chi connectivity index (χ2v) is 5.56. The van der Waals surface area contributed by atoms with Crippen molar-refractivity contribution in [2.24, 2.45) is 0 Å². The van der Waals surface area contributed by atoms with E-state index >= 15 is 0 Å². The van der Waals surface area contributed by atoms with Crippen LogP contribution < -0.4 is 10.6 Å². The molecule has 0 aliphatic heterocycles. The first-order valence-electron chi connectivity index (χ1n) is 6.56. The molecule has 2 N–H and O–H groups in total. The van der Waals surface area contributed by atoms with Gasteiger partial charge in [0.25, 0.3) is 0 Å². The average Bonchev–Trinajstić information content (AvgIpc) is 2.45. The molecule has 3 nitrogen and oxygen atoms in total. The van der Waals surface area contributed by atoms with Gasteiger partial charge in [0.15, 0.2) is 0 Å². The maximum absolute atomic E-state index is 13.4. The zero-order chi connectivity index (χ0) is 15.2. The van der Waals surface area contributed by atoms with Gasteiger partial charge in [-0.05, 0) is 30.7 Å². The zero-order valence-electron chi connectivity index (χ0n) is 11.6. The van der Waals surface area contributed by atoms with Crippen molar-refractivity contribution in [1.29, 1.82) is 0 Å². The van der Waals surface area contributed by atoms with E-state index < -0.39 is 0 Å². The summed E-state index contributed by atoms with van der Waals surface area (Å²) in [6, 6.07) is 12.1. The van der Waals surface area contributed by atoms with Gasteiger partial charge in [-0.15, -0.1) is 0 Å². The SMILES string of the molecule is Cc1ccc(NC(=O)CNCc2ccccc2F)cc1Br. The fourth-order valence-electron chi connectivity index (χ4n) is 1.83. The van der Waals surface area contributed by atoms with Crippen molar-refractivity contribution in [3.63, 3.8) is 0 Å². The fraction of sp³-hybridized carbons (Fsp3) is 0.188. The lowest BCUT2D eigenvalue weighted by Gasteiger charge is -2.08. The molecule has 2 rings (SSSR count). The third-order valence-corrected chi connectivity index (χ3v) is 3.87. The average molecular weight is 351 g/mol. The summed E-state index contributed by atoms with van der Waals surface area (Å²) in [4.78, 5) is 11.8. The number of nitrogens with one attached hydrogen (secondary N) is 2. The third kappa shape index (κ3) is 4.65. The molecular formula is C16H16BrFN2O. The van der Waals surface area contributed by atoms with Crippen molar-refractivity contribution >= 4 is 27.5 Å². The van der Waals surface area contributed by atoms with Crippen LogP contribution in [0, 0.1) is 12.7 Å². The van der Waals surface area contributed by atoms with E-state index in [0.29, 0.717) is 12.1 Å². The minimum atomic E-state index is -0.270. The number of benzene rings is 2. The number of aryl methyl sites for hydroxylation is 1. The summed E-state index contributed by atoms with van der Waals surface area (Å²) < 4.78 is 14.3. The molecule has 110 valence electrons. The summed E-state index contributed by atoms with van der Waals surface area (Å²) in [6.07, 6.45) is 0. The number of rotatable bonds is 5. The molecule has 2 aromatic carbocycles. The molecule has 1 amide bonds. The molecule has 0 saturated carbocycles. The molecule has 0 spiro atoms. The van der Waals surface area contributed by atoms with E-state index in [4.69, 9.17) is 0 Å². The highest BCUT2D eigenvalue weighted by Gasteiger charge is 2.05. The topological polar surface area (TPSA) is 41.1 Å². The van der Waals surface area contributed by atoms with Gasteiger partial charge in [0.05, 0.1) is 6.54 Å². The number of halogens is 2. The predicted octanol–water partition coefficient (Wildman–Crippen LogP) is 3.62. The van der Waals surface area contributed by atoms with E-state index in [0.717, 1.165) is 15.7 Å². The lowest BCUT2D eigenvalue weighted by atomic mass is 10.2. The van der Waals surface area contributed by atoms with Crippen LogP contribution in [0.1, 0.15) is 11.1 Å². The van der Waals surface area contributed by atoms with E-state index in [2.05, 4.69) is 26.6 Å². The largest absolute Gasteiger partial charge is 0.325 e. The number of amides is 1. The van der Waals surface area contributed by atoms with E-state index in [9.17, 15) is 9.18 Å². The van der Waals surface area contributed by atoms with Gasteiger partial charge in [0.2, 0.25) is 5.91 Å². The summed E-state index contributed by atoms with van der Waals surface area (Å²) in [5.74, 6) is -0.435. The highest BCUT2D eigenvalue weighted by Crippen LogP contribution is 2.20. The number of carbonyl (C=O) groups is 1. The molecule has 0 heterocycles. The Kier molecular flexibility index (Phi) is 5.47. The summed E-state index contributed by atoms with van der Waals surface area (Å²) >= 11 is 3.42. The van der Waals surface area contributed by atoms with Gasteiger partial charge in [0.1, 0.15) is 5.82 Å². The lowest BCUT2D eigenvalue weighted by molar-refractivity contribution is -0.115. The lowest BCUT2D eigenvalue weighted by Crippen LogP contribution is -2.28. The normalized spacial score (nSPS) is 10.4. The van der Waals surface area contributed by atoms with Crippen LogP contribution in [0.2, 0.25) is 0 Å². The van der Waals surface area contributed by atoms with Gasteiger partial charge < -0.3 is 10.6 Å². The predicted molar refractivity (Wildman–Crippen MR) is 85.6 cm³/mol. The fourth-order valence-corrected chi connectivity index (χ4v) is 2.21. The smallest absolute Gasteiger partial charge is 0.238 e. The van der Waals surface area contributed by atoms with Crippen molar-refractivity contribution < 1.29 is 9.18 Å². The van der Waals surface area contributed by atoms with E-state index in [-0.39, 0.29) is 18.3 Å². The van der Waals surface area contributed by atoms with Gasteiger partial charge in [-0.3, -0.25) is 4.79 Å². The van der Waals surface area contributed by atoms with Crippen LogP contribution in [0.25, 0.3) is 0 Å². The van der Waals surface area contributed by atoms with Gasteiger partial charge in [-0.25, -0.2) is 4.39 Å². The Morgan fingerprint density at radius 1 is 1.24 bits per heavy atom. The second kappa shape index (κ2) is 7.33. The van der Waals surface area contributed by atoms with Gasteiger partial charge >= 0.3 is 0 Å². The van der Waals surface area contributed by atoms with Crippen molar-refractivity contribution in [1.82, 2.24) is 5.32 Å². The molecule has 0 bridgehead atoms. The molecular weight excluding hydrogens is 335 g/mol. The summed E-state index contributed by atoms with van der Waals surface area (Å²) in [6.45, 7) is 2.42. The van der Waals surface area contributed by atoms with Crippen LogP contribution in [0.4, 0.5) is 10.1 Å². The minimum absolute atomic E-state index is 0.125. The Morgan fingerprint density at radius 2 is 2.00 bits per heavy atom. The third-order valence-electron chi connectivity index (χ3n) is 3.01. The van der Waals surface area contributed by atoms with E-state index in [1.165, 1.54) is 6.07 Å². The van der Waals surface area contributed by atoms with Crippen LogP contribution in [-0.2, 0) is 11.3 Å². The summed E-state index contributed by atoms with van der Waals surface area (Å²) in [5.41, 5.74) is 2.37. The highest BCUT2D eigenvalue weighted by molar-refractivity contribution is 9.10. The minimum Gasteiger partial charge on any atom is -0.325 e. The van der Waals surface area contributed by atoms with Crippen LogP contribution >= 0.6 is 15.9 Å². The Morgan fingerprint density at radius 3 is 2.71 bits per heavy atom. The van der Waals surface area contributed by atoms with Crippen molar-refractivity contribution in [3.05, 3.63) is 63.9 Å². The second-order valence-electron chi connectivity index (χ2n) is 4.71. The van der Waals surface area contributed by atoms with Gasteiger partial charge in [-0.2, -0.15) is 0 Å². The summed E-state index contributed by atoms with van der Waals surface area (Å²) in [7, 11) is 0. The van der Waals surface area contributed by atoms with E-state index in [1.54, 1.807) is 18.2 Å². The number of carbonyl (C=O) groups excluding carboxylic acids is 1. The Labute approximate surface area is 131 Å². The Hall–Kier alpha value is -1.72. The molecule has 0 fully saturated rings. The molecule has 0 aliphatic carbocycles. The van der Waals surface area contributed by atoms with Crippen molar-refractivity contribution in [2.75, 3.05) is 11.9 Å². The molecule has 0 unspecified atom stereocenters. The maximum Gasteiger partial charge on any atom is 0.238 e. The van der Waals surface area contributed by atoms with Gasteiger partial charge in [0, 0.05) is 22.3 Å². The molecule has 21 heavy (non-hydrogen) atoms. The molecule has 0 atom stereocenters. The zero-order valence-corrected chi connectivity index (χ0v) is 13.2. The monoisotopic (exact) mass is 350 g/mol. The first-order chi connectivity index (χ1) is 10.1. The van der Waals surface area contributed by atoms with Crippen LogP contribution in [0.5, 0.6) is 0 Å². The van der Waals surface area contributed by atoms with Crippen LogP contribution in [-0.4, -0.2) is 12.5 Å². The van der Waals surface area contributed by atoms with Gasteiger partial charge in [-0.1, -0.05) is 40.2 Å². The van der Waals surface area contributed by atoms with Crippen molar-refractivity contribution in [3.8, 4) is 0 Å². The number of anilines is 1. The van der Waals surface area contributed by atoms with Crippen LogP contribution in [0.15, 0.2) is 46.9 Å². The molecule has 5 heteroatoms. The number of hydrogen-bond acceptors (Lipinski definition) is 2. The standard InChI is InChI=1S/C16H16BrFN2O/c1-11-6-7-13(8-14(11)17)20-16(21)10-19-9-12-4-2-3-5-15(12)18/h2-8,19H,9-10H2,1H3,(H,20,21). The molecule has 0 radical (unpaired) electrons. The Bertz CT molecular complexity index is 646. The Balaban J connectivity index is 1.82. The molecule has 0 aromatic heterocycles. The quantitative estimate of drug-likeness (QED) is 0.864. The molecule has 0 saturated heterocycles.